The van der Waals surface area contributed by atoms with Gasteiger partial charge in [-0.05, 0) is 28.1 Å². The number of pyridine rings is 1. The first-order valence-corrected chi connectivity index (χ1v) is 5.39. The minimum absolute atomic E-state index is 0.155. The Morgan fingerprint density at radius 3 is 2.59 bits per heavy atom. The van der Waals surface area contributed by atoms with E-state index in [4.69, 9.17) is 10.5 Å². The van der Waals surface area contributed by atoms with Crippen molar-refractivity contribution in [2.75, 3.05) is 5.73 Å². The summed E-state index contributed by atoms with van der Waals surface area (Å²) in [5.74, 6) is -1.45. The number of benzene rings is 1. The van der Waals surface area contributed by atoms with E-state index >= 15 is 0 Å². The molecule has 88 valence electrons. The van der Waals surface area contributed by atoms with Gasteiger partial charge in [0, 0.05) is 12.3 Å². The lowest BCUT2D eigenvalue weighted by atomic mass is 10.3. The van der Waals surface area contributed by atoms with Crippen molar-refractivity contribution >= 4 is 21.6 Å². The van der Waals surface area contributed by atoms with Gasteiger partial charge < -0.3 is 10.5 Å². The minimum Gasteiger partial charge on any atom is -0.454 e. The molecule has 0 saturated heterocycles. The van der Waals surface area contributed by atoms with Gasteiger partial charge in [-0.15, -0.1) is 0 Å². The molecule has 1 aromatic heterocycles. The number of nitrogens with two attached hydrogens (primary N) is 1. The van der Waals surface area contributed by atoms with E-state index in [-0.39, 0.29) is 5.75 Å². The predicted molar refractivity (Wildman–Crippen MR) is 62.8 cm³/mol. The maximum absolute atomic E-state index is 13.0. The number of ether oxygens (including phenoxy) is 1. The Morgan fingerprint density at radius 2 is 1.94 bits per heavy atom. The van der Waals surface area contributed by atoms with Gasteiger partial charge >= 0.3 is 0 Å². The summed E-state index contributed by atoms with van der Waals surface area (Å²) < 4.78 is 31.6. The fraction of sp³-hybridized carbons (Fsp3) is 0. The fourth-order valence-corrected chi connectivity index (χ4v) is 1.63. The van der Waals surface area contributed by atoms with Gasteiger partial charge in [0.1, 0.15) is 5.75 Å². The smallest absolute Gasteiger partial charge is 0.167 e. The Hall–Kier alpha value is -1.69. The first kappa shape index (κ1) is 11.8. The van der Waals surface area contributed by atoms with Gasteiger partial charge in [0.05, 0.1) is 16.4 Å². The van der Waals surface area contributed by atoms with Crippen LogP contribution in [0.5, 0.6) is 11.5 Å². The van der Waals surface area contributed by atoms with Gasteiger partial charge in [0.15, 0.2) is 17.4 Å². The summed E-state index contributed by atoms with van der Waals surface area (Å²) in [7, 11) is 0. The molecule has 0 amide bonds. The first-order valence-electron chi connectivity index (χ1n) is 4.60. The zero-order chi connectivity index (χ0) is 12.4. The molecule has 2 N–H and O–H groups in total. The summed E-state index contributed by atoms with van der Waals surface area (Å²) in [5, 5.41) is 0. The summed E-state index contributed by atoms with van der Waals surface area (Å²) in [5.41, 5.74) is 5.95. The lowest BCUT2D eigenvalue weighted by molar-refractivity contribution is 0.460. The molecule has 1 aromatic carbocycles. The molecule has 0 bridgehead atoms. The number of nitrogen functional groups attached to an aromatic ring is 1. The molecule has 0 radical (unpaired) electrons. The summed E-state index contributed by atoms with van der Waals surface area (Å²) >= 11 is 3.20. The minimum atomic E-state index is -0.980. The van der Waals surface area contributed by atoms with Crippen molar-refractivity contribution in [2.45, 2.75) is 0 Å². The molecule has 2 rings (SSSR count). The second-order valence-electron chi connectivity index (χ2n) is 3.22. The molecule has 0 fully saturated rings. The zero-order valence-corrected chi connectivity index (χ0v) is 10.0. The van der Waals surface area contributed by atoms with E-state index in [1.165, 1.54) is 18.5 Å². The molecule has 3 nitrogen and oxygen atoms in total. The summed E-state index contributed by atoms with van der Waals surface area (Å²) in [6, 6.07) is 3.24. The number of hydrogen-bond acceptors (Lipinski definition) is 3. The molecule has 6 heteroatoms. The lowest BCUT2D eigenvalue weighted by Gasteiger charge is -2.09. The van der Waals surface area contributed by atoms with E-state index < -0.39 is 11.6 Å². The third-order valence-corrected chi connectivity index (χ3v) is 2.56. The molecular formula is C11H7BrF2N2O. The second-order valence-corrected chi connectivity index (χ2v) is 4.07. The van der Waals surface area contributed by atoms with Crippen molar-refractivity contribution in [1.82, 2.24) is 4.98 Å². The molecule has 0 atom stereocenters. The van der Waals surface area contributed by atoms with Crippen LogP contribution in [0.4, 0.5) is 14.5 Å². The molecule has 17 heavy (non-hydrogen) atoms. The fourth-order valence-electron chi connectivity index (χ4n) is 1.20. The largest absolute Gasteiger partial charge is 0.454 e. The van der Waals surface area contributed by atoms with Gasteiger partial charge in [-0.25, -0.2) is 8.78 Å². The number of anilines is 1. The van der Waals surface area contributed by atoms with Crippen LogP contribution in [0.3, 0.4) is 0 Å². The van der Waals surface area contributed by atoms with Crippen molar-refractivity contribution in [3.63, 3.8) is 0 Å². The van der Waals surface area contributed by atoms with Gasteiger partial charge in [-0.3, -0.25) is 4.98 Å². The molecule has 0 aliphatic heterocycles. The van der Waals surface area contributed by atoms with Crippen LogP contribution in [0.2, 0.25) is 0 Å². The van der Waals surface area contributed by atoms with E-state index in [0.29, 0.717) is 15.9 Å². The topological polar surface area (TPSA) is 48.1 Å². The van der Waals surface area contributed by atoms with Gasteiger partial charge in [-0.1, -0.05) is 0 Å². The summed E-state index contributed by atoms with van der Waals surface area (Å²) in [6.07, 6.45) is 2.89. The third kappa shape index (κ3) is 2.52. The van der Waals surface area contributed by atoms with Crippen molar-refractivity contribution in [2.24, 2.45) is 0 Å². The summed E-state index contributed by atoms with van der Waals surface area (Å²) in [6.45, 7) is 0. The molecular weight excluding hydrogens is 294 g/mol. The highest BCUT2D eigenvalue weighted by molar-refractivity contribution is 9.10. The lowest BCUT2D eigenvalue weighted by Crippen LogP contribution is -1.95. The third-order valence-electron chi connectivity index (χ3n) is 1.99. The Kier molecular flexibility index (Phi) is 3.23. The van der Waals surface area contributed by atoms with E-state index in [9.17, 15) is 8.78 Å². The monoisotopic (exact) mass is 300 g/mol. The molecule has 1 heterocycles. The first-order chi connectivity index (χ1) is 8.08. The van der Waals surface area contributed by atoms with Crippen LogP contribution < -0.4 is 10.5 Å². The van der Waals surface area contributed by atoms with Crippen LogP contribution in [0.25, 0.3) is 0 Å². The Labute approximate surface area is 104 Å². The maximum atomic E-state index is 13.0. The molecule has 0 aliphatic rings. The highest BCUT2D eigenvalue weighted by Gasteiger charge is 2.09. The average molecular weight is 301 g/mol. The number of rotatable bonds is 2. The van der Waals surface area contributed by atoms with Gasteiger partial charge in [0.2, 0.25) is 0 Å². The number of nitrogens with zero attached hydrogens (tertiary/aromatic N) is 1. The number of aromatic nitrogens is 1. The van der Waals surface area contributed by atoms with Crippen LogP contribution in [0, 0.1) is 11.6 Å². The molecule has 0 saturated carbocycles. The van der Waals surface area contributed by atoms with Crippen LogP contribution in [-0.2, 0) is 0 Å². The summed E-state index contributed by atoms with van der Waals surface area (Å²) in [4.78, 5) is 3.83. The van der Waals surface area contributed by atoms with E-state index in [0.717, 1.165) is 12.1 Å². The van der Waals surface area contributed by atoms with Crippen LogP contribution in [0.15, 0.2) is 35.1 Å². The van der Waals surface area contributed by atoms with Gasteiger partial charge in [-0.2, -0.15) is 0 Å². The molecule has 0 spiro atoms. The van der Waals surface area contributed by atoms with Crippen LogP contribution in [0.1, 0.15) is 0 Å². The van der Waals surface area contributed by atoms with Gasteiger partial charge in [0.25, 0.3) is 0 Å². The van der Waals surface area contributed by atoms with E-state index in [1.807, 2.05) is 0 Å². The second kappa shape index (κ2) is 4.67. The average Bonchev–Trinajstić information content (AvgIpc) is 2.28. The highest BCUT2D eigenvalue weighted by atomic mass is 79.9. The van der Waals surface area contributed by atoms with Crippen molar-refractivity contribution in [1.29, 1.82) is 0 Å². The maximum Gasteiger partial charge on any atom is 0.167 e. The highest BCUT2D eigenvalue weighted by Crippen LogP contribution is 2.34. The van der Waals surface area contributed by atoms with Crippen LogP contribution in [-0.4, -0.2) is 4.98 Å². The zero-order valence-electron chi connectivity index (χ0n) is 8.45. The van der Waals surface area contributed by atoms with Crippen molar-refractivity contribution < 1.29 is 13.5 Å². The predicted octanol–water partition coefficient (Wildman–Crippen LogP) is 3.50. The number of halogens is 3. The molecule has 0 aliphatic carbocycles. The normalized spacial score (nSPS) is 10.3. The van der Waals surface area contributed by atoms with E-state index in [1.54, 1.807) is 0 Å². The molecule has 0 unspecified atom stereocenters. The number of hydrogen-bond donors (Lipinski definition) is 1. The Morgan fingerprint density at radius 1 is 1.18 bits per heavy atom. The molecule has 2 aromatic rings. The van der Waals surface area contributed by atoms with Crippen LogP contribution >= 0.6 is 15.9 Å². The Balaban J connectivity index is 2.35. The SMILES string of the molecule is Nc1cncc(Br)c1Oc1ccc(F)c(F)c1. The van der Waals surface area contributed by atoms with E-state index in [2.05, 4.69) is 20.9 Å². The quantitative estimate of drug-likeness (QED) is 0.923. The standard InChI is InChI=1S/C11H7BrF2N2O/c12-7-4-16-5-10(15)11(7)17-6-1-2-8(13)9(14)3-6/h1-5H,15H2. The van der Waals surface area contributed by atoms with Crippen molar-refractivity contribution in [3.8, 4) is 11.5 Å². The van der Waals surface area contributed by atoms with Crippen molar-refractivity contribution in [3.05, 3.63) is 46.7 Å². The Bertz CT molecular complexity index is 543.